The van der Waals surface area contributed by atoms with Gasteiger partial charge in [-0.1, -0.05) is 29.5 Å². The quantitative estimate of drug-likeness (QED) is 0.538. The van der Waals surface area contributed by atoms with E-state index in [4.69, 9.17) is 9.47 Å². The highest BCUT2D eigenvalue weighted by atomic mass is 32.2. The number of carbonyl (C=O) groups is 1. The van der Waals surface area contributed by atoms with E-state index in [-0.39, 0.29) is 11.7 Å². The topological polar surface area (TPSA) is 78.3 Å². The molecule has 1 amide bonds. The van der Waals surface area contributed by atoms with Crippen molar-refractivity contribution in [2.75, 3.05) is 17.7 Å². The maximum atomic E-state index is 12.2. The molecule has 1 aromatic heterocycles. The van der Waals surface area contributed by atoms with Gasteiger partial charge in [0, 0.05) is 12.7 Å². The maximum absolute atomic E-state index is 12.2. The van der Waals surface area contributed by atoms with Crippen LogP contribution in [-0.4, -0.2) is 33.0 Å². The first-order valence-corrected chi connectivity index (χ1v) is 10.3. The van der Waals surface area contributed by atoms with Gasteiger partial charge in [0.05, 0.1) is 12.4 Å². The second-order valence-electron chi connectivity index (χ2n) is 6.35. The van der Waals surface area contributed by atoms with E-state index in [0.29, 0.717) is 24.2 Å². The Kier molecular flexibility index (Phi) is 7.13. The average Bonchev–Trinajstić information content (AvgIpc) is 3.07. The molecule has 0 saturated heterocycles. The van der Waals surface area contributed by atoms with Crippen LogP contribution in [0, 0.1) is 6.92 Å². The van der Waals surface area contributed by atoms with Crippen molar-refractivity contribution in [2.24, 2.45) is 7.05 Å². The SMILES string of the molecule is CCOc1ccc(NC(=O)CSc2nnc(COc3ccc(C)cc3)n2C)cc1. The Morgan fingerprint density at radius 3 is 2.38 bits per heavy atom. The first-order valence-electron chi connectivity index (χ1n) is 9.28. The molecule has 1 N–H and O–H groups in total. The number of nitrogens with zero attached hydrogens (tertiary/aromatic N) is 3. The van der Waals surface area contributed by atoms with Crippen LogP contribution in [0.1, 0.15) is 18.3 Å². The summed E-state index contributed by atoms with van der Waals surface area (Å²) >= 11 is 1.33. The molecule has 0 aliphatic rings. The number of rotatable bonds is 9. The number of amides is 1. The van der Waals surface area contributed by atoms with Gasteiger partial charge in [-0.05, 0) is 50.2 Å². The smallest absolute Gasteiger partial charge is 0.234 e. The number of hydrogen-bond acceptors (Lipinski definition) is 6. The third-order valence-electron chi connectivity index (χ3n) is 4.10. The van der Waals surface area contributed by atoms with Crippen LogP contribution in [0.3, 0.4) is 0 Å². The molecule has 3 aromatic rings. The highest BCUT2D eigenvalue weighted by molar-refractivity contribution is 7.99. The van der Waals surface area contributed by atoms with Gasteiger partial charge in [0.2, 0.25) is 5.91 Å². The Morgan fingerprint density at radius 1 is 1.03 bits per heavy atom. The second-order valence-corrected chi connectivity index (χ2v) is 7.30. The van der Waals surface area contributed by atoms with Crippen LogP contribution in [-0.2, 0) is 18.4 Å². The fraction of sp³-hybridized carbons (Fsp3) is 0.286. The number of aromatic nitrogens is 3. The Hall–Kier alpha value is -3.00. The Bertz CT molecular complexity index is 940. The molecule has 152 valence electrons. The van der Waals surface area contributed by atoms with Gasteiger partial charge in [-0.25, -0.2) is 0 Å². The molecule has 0 spiro atoms. The van der Waals surface area contributed by atoms with E-state index < -0.39 is 0 Å². The zero-order valence-electron chi connectivity index (χ0n) is 16.7. The molecule has 0 radical (unpaired) electrons. The summed E-state index contributed by atoms with van der Waals surface area (Å²) in [5.74, 6) is 2.37. The van der Waals surface area contributed by atoms with Crippen LogP contribution >= 0.6 is 11.8 Å². The average molecular weight is 413 g/mol. The van der Waals surface area contributed by atoms with E-state index in [1.807, 2.05) is 74.0 Å². The summed E-state index contributed by atoms with van der Waals surface area (Å²) in [6, 6.07) is 15.1. The van der Waals surface area contributed by atoms with E-state index in [9.17, 15) is 4.79 Å². The third-order valence-corrected chi connectivity index (χ3v) is 5.12. The minimum absolute atomic E-state index is 0.111. The molecule has 8 heteroatoms. The number of hydrogen-bond donors (Lipinski definition) is 1. The molecule has 0 fully saturated rings. The number of ether oxygens (including phenoxy) is 2. The summed E-state index contributed by atoms with van der Waals surface area (Å²) in [5, 5.41) is 11.8. The number of thioether (sulfide) groups is 1. The molecule has 29 heavy (non-hydrogen) atoms. The van der Waals surface area contributed by atoms with Gasteiger partial charge in [-0.2, -0.15) is 0 Å². The summed E-state index contributed by atoms with van der Waals surface area (Å²) in [4.78, 5) is 12.2. The van der Waals surface area contributed by atoms with Crippen LogP contribution in [0.15, 0.2) is 53.7 Å². The minimum Gasteiger partial charge on any atom is -0.494 e. The zero-order chi connectivity index (χ0) is 20.6. The highest BCUT2D eigenvalue weighted by Gasteiger charge is 2.12. The van der Waals surface area contributed by atoms with Crippen molar-refractivity contribution in [3.05, 3.63) is 59.9 Å². The van der Waals surface area contributed by atoms with Gasteiger partial charge in [-0.3, -0.25) is 4.79 Å². The molecule has 0 atom stereocenters. The molecule has 0 aliphatic heterocycles. The number of anilines is 1. The molecule has 2 aromatic carbocycles. The summed E-state index contributed by atoms with van der Waals surface area (Å²) in [7, 11) is 1.86. The molecule has 0 saturated carbocycles. The summed E-state index contributed by atoms with van der Waals surface area (Å²) in [6.45, 7) is 4.88. The highest BCUT2D eigenvalue weighted by Crippen LogP contribution is 2.19. The van der Waals surface area contributed by atoms with E-state index in [1.165, 1.54) is 17.3 Å². The predicted molar refractivity (Wildman–Crippen MR) is 113 cm³/mol. The van der Waals surface area contributed by atoms with Crippen LogP contribution in [0.25, 0.3) is 0 Å². The van der Waals surface area contributed by atoms with E-state index >= 15 is 0 Å². The van der Waals surface area contributed by atoms with Crippen LogP contribution < -0.4 is 14.8 Å². The molecular weight excluding hydrogens is 388 g/mol. The van der Waals surface area contributed by atoms with Crippen LogP contribution in [0.4, 0.5) is 5.69 Å². The molecule has 7 nitrogen and oxygen atoms in total. The minimum atomic E-state index is -0.111. The van der Waals surface area contributed by atoms with Crippen LogP contribution in [0.2, 0.25) is 0 Å². The lowest BCUT2D eigenvalue weighted by Gasteiger charge is -2.08. The van der Waals surface area contributed by atoms with Crippen molar-refractivity contribution >= 4 is 23.4 Å². The van der Waals surface area contributed by atoms with Crippen molar-refractivity contribution in [1.82, 2.24) is 14.8 Å². The predicted octanol–water partition coefficient (Wildman–Crippen LogP) is 3.83. The fourth-order valence-electron chi connectivity index (χ4n) is 2.51. The first kappa shape index (κ1) is 20.7. The van der Waals surface area contributed by atoms with Gasteiger partial charge in [0.15, 0.2) is 11.0 Å². The Morgan fingerprint density at radius 2 is 1.69 bits per heavy atom. The van der Waals surface area contributed by atoms with E-state index in [2.05, 4.69) is 15.5 Å². The fourth-order valence-corrected chi connectivity index (χ4v) is 3.24. The van der Waals surface area contributed by atoms with Gasteiger partial charge >= 0.3 is 0 Å². The van der Waals surface area contributed by atoms with E-state index in [0.717, 1.165) is 17.2 Å². The van der Waals surface area contributed by atoms with Crippen LogP contribution in [0.5, 0.6) is 11.5 Å². The number of nitrogens with one attached hydrogen (secondary N) is 1. The number of carbonyl (C=O) groups excluding carboxylic acids is 1. The molecule has 0 aliphatic carbocycles. The lowest BCUT2D eigenvalue weighted by molar-refractivity contribution is -0.113. The lowest BCUT2D eigenvalue weighted by Crippen LogP contribution is -2.14. The molecule has 0 bridgehead atoms. The second kappa shape index (κ2) is 9.97. The molecule has 3 rings (SSSR count). The third kappa shape index (κ3) is 5.99. The Balaban J connectivity index is 1.49. The van der Waals surface area contributed by atoms with Crippen molar-refractivity contribution in [3.63, 3.8) is 0 Å². The summed E-state index contributed by atoms with van der Waals surface area (Å²) < 4.78 is 13.0. The van der Waals surface area contributed by atoms with Crippen molar-refractivity contribution in [3.8, 4) is 11.5 Å². The summed E-state index contributed by atoms with van der Waals surface area (Å²) in [6.07, 6.45) is 0. The van der Waals surface area contributed by atoms with Crippen molar-refractivity contribution < 1.29 is 14.3 Å². The normalized spacial score (nSPS) is 10.6. The molecule has 0 unspecified atom stereocenters. The lowest BCUT2D eigenvalue weighted by atomic mass is 10.2. The standard InChI is InChI=1S/C21H24N4O3S/c1-4-27-17-11-7-16(8-12-17)22-20(26)14-29-21-24-23-19(25(21)3)13-28-18-9-5-15(2)6-10-18/h5-12H,4,13-14H2,1-3H3,(H,22,26). The molecule has 1 heterocycles. The molecular formula is C21H24N4O3S. The van der Waals surface area contributed by atoms with Crippen molar-refractivity contribution in [2.45, 2.75) is 25.6 Å². The maximum Gasteiger partial charge on any atom is 0.234 e. The van der Waals surface area contributed by atoms with Gasteiger partial charge in [0.1, 0.15) is 18.1 Å². The van der Waals surface area contributed by atoms with Gasteiger partial charge in [0.25, 0.3) is 0 Å². The summed E-state index contributed by atoms with van der Waals surface area (Å²) in [5.41, 5.74) is 1.91. The first-order chi connectivity index (χ1) is 14.0. The zero-order valence-corrected chi connectivity index (χ0v) is 17.5. The Labute approximate surface area is 174 Å². The number of aryl methyl sites for hydroxylation is 1. The van der Waals surface area contributed by atoms with Crippen molar-refractivity contribution in [1.29, 1.82) is 0 Å². The largest absolute Gasteiger partial charge is 0.494 e. The number of benzene rings is 2. The van der Waals surface area contributed by atoms with Gasteiger partial charge < -0.3 is 19.4 Å². The monoisotopic (exact) mass is 412 g/mol. The van der Waals surface area contributed by atoms with E-state index in [1.54, 1.807) is 0 Å². The van der Waals surface area contributed by atoms with Gasteiger partial charge in [-0.15, -0.1) is 10.2 Å².